The number of aliphatic carboxylic acids is 1. The van der Waals surface area contributed by atoms with Crippen LogP contribution in [0.15, 0.2) is 0 Å². The maximum atomic E-state index is 11.6. The summed E-state index contributed by atoms with van der Waals surface area (Å²) >= 11 is 0. The number of carboxylic acid groups (broad SMARTS) is 1. The van der Waals surface area contributed by atoms with Gasteiger partial charge in [0.15, 0.2) is 0 Å². The van der Waals surface area contributed by atoms with E-state index in [0.29, 0.717) is 19.3 Å². The average molecular weight is 219 g/mol. The van der Waals surface area contributed by atoms with Gasteiger partial charge in [-0.1, -0.05) is 0 Å². The van der Waals surface area contributed by atoms with Gasteiger partial charge < -0.3 is 5.11 Å². The molecule has 0 aromatic rings. The van der Waals surface area contributed by atoms with E-state index in [1.807, 2.05) is 0 Å². The van der Waals surface area contributed by atoms with Crippen molar-refractivity contribution in [3.8, 4) is 0 Å². The third-order valence-electron chi connectivity index (χ3n) is 2.99. The molecule has 0 aliphatic carbocycles. The van der Waals surface area contributed by atoms with E-state index in [1.54, 1.807) is 0 Å². The summed E-state index contributed by atoms with van der Waals surface area (Å²) in [4.78, 5) is 10.8. The van der Waals surface area contributed by atoms with Crippen LogP contribution in [0, 0.1) is 0 Å². The summed E-state index contributed by atoms with van der Waals surface area (Å²) in [7, 11) is -3.30. The molecule has 6 heteroatoms. The number of rotatable bonds is 1. The molecule has 2 aliphatic heterocycles. The normalized spacial score (nSPS) is 36.6. The van der Waals surface area contributed by atoms with Crippen LogP contribution in [0.25, 0.3) is 0 Å². The minimum absolute atomic E-state index is 0.0603. The molecule has 2 rings (SSSR count). The zero-order chi connectivity index (χ0) is 10.3. The Hall–Kier alpha value is -0.620. The topological polar surface area (TPSA) is 74.7 Å². The van der Waals surface area contributed by atoms with E-state index in [2.05, 4.69) is 0 Å². The van der Waals surface area contributed by atoms with Crippen LogP contribution in [0.2, 0.25) is 0 Å². The molecule has 2 heterocycles. The van der Waals surface area contributed by atoms with Gasteiger partial charge in [-0.15, -0.1) is 0 Å². The van der Waals surface area contributed by atoms with Gasteiger partial charge >= 0.3 is 5.97 Å². The molecule has 0 spiro atoms. The molecular weight excluding hydrogens is 206 g/mol. The molecule has 1 N–H and O–H groups in total. The Labute approximate surface area is 82.8 Å². The smallest absolute Gasteiger partial charge is 0.322 e. The van der Waals surface area contributed by atoms with Gasteiger partial charge in [-0.2, -0.15) is 4.31 Å². The van der Waals surface area contributed by atoms with Gasteiger partial charge in [0, 0.05) is 6.04 Å². The van der Waals surface area contributed by atoms with Crippen LogP contribution < -0.4 is 0 Å². The lowest BCUT2D eigenvalue weighted by Gasteiger charge is -2.31. The summed E-state index contributed by atoms with van der Waals surface area (Å²) in [5.41, 5.74) is 0. The molecule has 2 aliphatic rings. The molecule has 14 heavy (non-hydrogen) atoms. The summed E-state index contributed by atoms with van der Waals surface area (Å²) in [5, 5.41) is 8.88. The van der Waals surface area contributed by atoms with Gasteiger partial charge in [-0.3, -0.25) is 4.79 Å². The predicted molar refractivity (Wildman–Crippen MR) is 49.3 cm³/mol. The number of hydrogen-bond acceptors (Lipinski definition) is 3. The molecule has 2 fully saturated rings. The van der Waals surface area contributed by atoms with Crippen LogP contribution >= 0.6 is 0 Å². The molecule has 0 aromatic carbocycles. The number of carbonyl (C=O) groups is 1. The zero-order valence-corrected chi connectivity index (χ0v) is 8.53. The summed E-state index contributed by atoms with van der Waals surface area (Å²) < 4.78 is 24.5. The molecule has 0 unspecified atom stereocenters. The first kappa shape index (κ1) is 9.92. The van der Waals surface area contributed by atoms with Gasteiger partial charge in [0.05, 0.1) is 5.75 Å². The van der Waals surface area contributed by atoms with Crippen LogP contribution in [0.1, 0.15) is 25.7 Å². The van der Waals surface area contributed by atoms with Crippen molar-refractivity contribution in [3.63, 3.8) is 0 Å². The Morgan fingerprint density at radius 3 is 2.64 bits per heavy atom. The van der Waals surface area contributed by atoms with E-state index in [9.17, 15) is 13.2 Å². The maximum absolute atomic E-state index is 11.6. The second-order valence-corrected chi connectivity index (χ2v) is 5.87. The second kappa shape index (κ2) is 3.20. The third kappa shape index (κ3) is 1.42. The van der Waals surface area contributed by atoms with Crippen molar-refractivity contribution in [1.82, 2.24) is 4.31 Å². The Morgan fingerprint density at radius 1 is 1.29 bits per heavy atom. The number of fused-ring (bicyclic) bond motifs is 1. The fraction of sp³-hybridized carbons (Fsp3) is 0.875. The lowest BCUT2D eigenvalue weighted by molar-refractivity contribution is -0.141. The fourth-order valence-corrected chi connectivity index (χ4v) is 4.38. The van der Waals surface area contributed by atoms with E-state index < -0.39 is 22.0 Å². The Kier molecular flexibility index (Phi) is 2.27. The minimum Gasteiger partial charge on any atom is -0.480 e. The van der Waals surface area contributed by atoms with Crippen LogP contribution in [-0.4, -0.2) is 41.6 Å². The number of hydrogen-bond donors (Lipinski definition) is 1. The number of carboxylic acids is 1. The van der Waals surface area contributed by atoms with E-state index in [1.165, 1.54) is 4.31 Å². The molecule has 0 aromatic heterocycles. The molecule has 80 valence electrons. The zero-order valence-electron chi connectivity index (χ0n) is 7.72. The first-order valence-corrected chi connectivity index (χ1v) is 6.37. The van der Waals surface area contributed by atoms with Crippen molar-refractivity contribution in [1.29, 1.82) is 0 Å². The van der Waals surface area contributed by atoms with Crippen molar-refractivity contribution in [3.05, 3.63) is 0 Å². The molecule has 5 nitrogen and oxygen atoms in total. The highest BCUT2D eigenvalue weighted by Gasteiger charge is 2.46. The SMILES string of the molecule is O=C(O)[C@@H]1CC[C@H]2CCCS(=O)(=O)N21. The van der Waals surface area contributed by atoms with Crippen LogP contribution in [0.4, 0.5) is 0 Å². The van der Waals surface area contributed by atoms with Crippen LogP contribution in [0.5, 0.6) is 0 Å². The number of sulfonamides is 1. The molecule has 0 bridgehead atoms. The monoisotopic (exact) mass is 219 g/mol. The molecule has 2 atom stereocenters. The lowest BCUT2D eigenvalue weighted by atomic mass is 10.1. The van der Waals surface area contributed by atoms with E-state index >= 15 is 0 Å². The molecule has 2 saturated heterocycles. The maximum Gasteiger partial charge on any atom is 0.322 e. The molecule has 0 saturated carbocycles. The van der Waals surface area contributed by atoms with Crippen LogP contribution in [0.3, 0.4) is 0 Å². The van der Waals surface area contributed by atoms with Gasteiger partial charge in [-0.05, 0) is 25.7 Å². The Balaban J connectivity index is 2.32. The first-order valence-electron chi connectivity index (χ1n) is 4.76. The average Bonchev–Trinajstić information content (AvgIpc) is 2.48. The quantitative estimate of drug-likeness (QED) is 0.675. The second-order valence-electron chi connectivity index (χ2n) is 3.87. The summed E-state index contributed by atoms with van der Waals surface area (Å²) in [6.45, 7) is 0. The van der Waals surface area contributed by atoms with E-state index in [0.717, 1.165) is 6.42 Å². The van der Waals surface area contributed by atoms with Crippen LogP contribution in [-0.2, 0) is 14.8 Å². The summed E-state index contributed by atoms with van der Waals surface area (Å²) in [5.74, 6) is -0.911. The Morgan fingerprint density at radius 2 is 2.00 bits per heavy atom. The first-order chi connectivity index (χ1) is 6.52. The lowest BCUT2D eigenvalue weighted by Crippen LogP contribution is -2.48. The summed E-state index contributed by atoms with van der Waals surface area (Å²) in [6.07, 6.45) is 2.62. The van der Waals surface area contributed by atoms with Crippen molar-refractivity contribution in [2.45, 2.75) is 37.8 Å². The van der Waals surface area contributed by atoms with E-state index in [4.69, 9.17) is 5.11 Å². The molecule has 0 radical (unpaired) electrons. The van der Waals surface area contributed by atoms with Gasteiger partial charge in [0.2, 0.25) is 10.0 Å². The van der Waals surface area contributed by atoms with Crippen molar-refractivity contribution < 1.29 is 18.3 Å². The summed E-state index contributed by atoms with van der Waals surface area (Å²) in [6, 6.07) is -0.875. The van der Waals surface area contributed by atoms with Crippen molar-refractivity contribution >= 4 is 16.0 Å². The van der Waals surface area contributed by atoms with Gasteiger partial charge in [-0.25, -0.2) is 8.42 Å². The largest absolute Gasteiger partial charge is 0.480 e. The third-order valence-corrected chi connectivity index (χ3v) is 4.99. The highest BCUT2D eigenvalue weighted by Crippen LogP contribution is 2.34. The number of nitrogens with zero attached hydrogens (tertiary/aromatic N) is 1. The van der Waals surface area contributed by atoms with Gasteiger partial charge in [0.25, 0.3) is 0 Å². The molecular formula is C8H13NO4S. The molecule has 0 amide bonds. The standard InChI is InChI=1S/C8H13NO4S/c10-8(11)7-4-3-6-2-1-5-14(12,13)9(6)7/h6-7H,1-5H2,(H,10,11)/t6-,7+/m1/s1. The highest BCUT2D eigenvalue weighted by molar-refractivity contribution is 7.89. The Bertz CT molecular complexity index is 350. The van der Waals surface area contributed by atoms with Crippen molar-refractivity contribution in [2.75, 3.05) is 5.75 Å². The fourth-order valence-electron chi connectivity index (χ4n) is 2.39. The van der Waals surface area contributed by atoms with Crippen molar-refractivity contribution in [2.24, 2.45) is 0 Å². The minimum atomic E-state index is -3.30. The van der Waals surface area contributed by atoms with E-state index in [-0.39, 0.29) is 11.8 Å². The highest BCUT2D eigenvalue weighted by atomic mass is 32.2. The van der Waals surface area contributed by atoms with Gasteiger partial charge in [0.1, 0.15) is 6.04 Å². The predicted octanol–water partition coefficient (Wildman–Crippen LogP) is 0.0276.